The van der Waals surface area contributed by atoms with Crippen molar-refractivity contribution in [3.63, 3.8) is 0 Å². The highest BCUT2D eigenvalue weighted by molar-refractivity contribution is 7.99. The van der Waals surface area contributed by atoms with E-state index in [1.807, 2.05) is 0 Å². The van der Waals surface area contributed by atoms with E-state index >= 15 is 0 Å². The molecular weight excluding hydrogens is 196 g/mol. The quantitative estimate of drug-likeness (QED) is 0.446. The summed E-state index contributed by atoms with van der Waals surface area (Å²) in [5.74, 6) is 3.05. The Morgan fingerprint density at radius 3 is 3.21 bits per heavy atom. The number of aromatic nitrogens is 2. The second-order valence-electron chi connectivity index (χ2n) is 3.14. The molecule has 0 atom stereocenters. The van der Waals surface area contributed by atoms with E-state index in [1.165, 1.54) is 11.8 Å². The molecule has 1 heterocycles. The topological polar surface area (TPSA) is 45.8 Å². The van der Waals surface area contributed by atoms with Crippen molar-refractivity contribution in [2.45, 2.75) is 24.4 Å². The van der Waals surface area contributed by atoms with Crippen molar-refractivity contribution in [3.05, 3.63) is 21.6 Å². The third-order valence-electron chi connectivity index (χ3n) is 2.21. The van der Waals surface area contributed by atoms with Crippen LogP contribution >= 0.6 is 11.8 Å². The van der Waals surface area contributed by atoms with Gasteiger partial charge in [0.2, 0.25) is 0 Å². The standard InChI is InChI=1S/C10H10N2OS/c1-2-6-14-10-11-8-5-3-4-7(8)9(13)12-10/h1H,3-6H2,(H,11,12,13). The molecule has 1 aliphatic rings. The van der Waals surface area contributed by atoms with Crippen LogP contribution in [0.5, 0.6) is 0 Å². The number of H-pyrrole nitrogens is 1. The first kappa shape index (κ1) is 9.35. The highest BCUT2D eigenvalue weighted by atomic mass is 32.2. The van der Waals surface area contributed by atoms with Crippen molar-refractivity contribution in [1.82, 2.24) is 9.97 Å². The van der Waals surface area contributed by atoms with E-state index in [4.69, 9.17) is 6.42 Å². The van der Waals surface area contributed by atoms with Crippen LogP contribution in [0.1, 0.15) is 17.7 Å². The van der Waals surface area contributed by atoms with Crippen molar-refractivity contribution in [2.75, 3.05) is 5.75 Å². The van der Waals surface area contributed by atoms with Gasteiger partial charge >= 0.3 is 0 Å². The molecule has 3 nitrogen and oxygen atoms in total. The van der Waals surface area contributed by atoms with E-state index in [2.05, 4.69) is 15.9 Å². The summed E-state index contributed by atoms with van der Waals surface area (Å²) in [6.45, 7) is 0. The Balaban J connectivity index is 2.33. The second kappa shape index (κ2) is 3.89. The lowest BCUT2D eigenvalue weighted by atomic mass is 10.3. The number of aryl methyl sites for hydroxylation is 1. The summed E-state index contributed by atoms with van der Waals surface area (Å²) in [7, 11) is 0. The zero-order valence-corrected chi connectivity index (χ0v) is 8.49. The van der Waals surface area contributed by atoms with Crippen LogP contribution in [0.15, 0.2) is 9.95 Å². The number of nitrogens with one attached hydrogen (secondary N) is 1. The molecule has 0 saturated carbocycles. The maximum absolute atomic E-state index is 11.5. The molecule has 0 fully saturated rings. The SMILES string of the molecule is C#CCSc1nc2c(c(=O)[nH]1)CCC2. The Morgan fingerprint density at radius 1 is 1.57 bits per heavy atom. The molecule has 72 valence electrons. The Labute approximate surface area is 86.3 Å². The summed E-state index contributed by atoms with van der Waals surface area (Å²) in [5, 5.41) is 0.647. The molecule has 0 amide bonds. The smallest absolute Gasteiger partial charge is 0.254 e. The van der Waals surface area contributed by atoms with Crippen molar-refractivity contribution >= 4 is 11.8 Å². The van der Waals surface area contributed by atoms with E-state index in [1.54, 1.807) is 0 Å². The summed E-state index contributed by atoms with van der Waals surface area (Å²) in [6.07, 6.45) is 7.95. The first-order valence-corrected chi connectivity index (χ1v) is 5.48. The van der Waals surface area contributed by atoms with Crippen molar-refractivity contribution in [3.8, 4) is 12.3 Å². The lowest BCUT2D eigenvalue weighted by molar-refractivity contribution is 0.870. The number of hydrogen-bond acceptors (Lipinski definition) is 3. The van der Waals surface area contributed by atoms with Gasteiger partial charge in [0.1, 0.15) is 0 Å². The normalized spacial score (nSPS) is 13.6. The molecule has 4 heteroatoms. The van der Waals surface area contributed by atoms with Crippen LogP contribution in [0, 0.1) is 12.3 Å². The number of thioether (sulfide) groups is 1. The average molecular weight is 206 g/mol. The Kier molecular flexibility index (Phi) is 2.60. The molecule has 1 aromatic rings. The lowest BCUT2D eigenvalue weighted by Crippen LogP contribution is -2.14. The summed E-state index contributed by atoms with van der Waals surface area (Å²) < 4.78 is 0. The molecular formula is C10H10N2OS. The van der Waals surface area contributed by atoms with Gasteiger partial charge in [-0.2, -0.15) is 0 Å². The summed E-state index contributed by atoms with van der Waals surface area (Å²) in [4.78, 5) is 18.6. The molecule has 2 rings (SSSR count). The fourth-order valence-electron chi connectivity index (χ4n) is 1.60. The number of rotatable bonds is 2. The van der Waals surface area contributed by atoms with Crippen LogP contribution in [0.3, 0.4) is 0 Å². The fourth-order valence-corrected chi connectivity index (χ4v) is 2.16. The monoisotopic (exact) mass is 206 g/mol. The second-order valence-corrected chi connectivity index (χ2v) is 4.11. The Bertz CT molecular complexity index is 444. The van der Waals surface area contributed by atoms with Gasteiger partial charge in [0.25, 0.3) is 5.56 Å². The van der Waals surface area contributed by atoms with Gasteiger partial charge in [0.05, 0.1) is 11.4 Å². The van der Waals surface area contributed by atoms with E-state index in [-0.39, 0.29) is 5.56 Å². The van der Waals surface area contributed by atoms with Gasteiger partial charge in [-0.05, 0) is 19.3 Å². The highest BCUT2D eigenvalue weighted by Crippen LogP contribution is 2.18. The van der Waals surface area contributed by atoms with Crippen LogP contribution in [-0.4, -0.2) is 15.7 Å². The third-order valence-corrected chi connectivity index (χ3v) is 2.99. The zero-order chi connectivity index (χ0) is 9.97. The maximum Gasteiger partial charge on any atom is 0.254 e. The van der Waals surface area contributed by atoms with Gasteiger partial charge in [-0.25, -0.2) is 4.98 Å². The number of aromatic amines is 1. The van der Waals surface area contributed by atoms with Crippen LogP contribution in [0.25, 0.3) is 0 Å². The molecule has 0 aliphatic heterocycles. The van der Waals surface area contributed by atoms with Crippen molar-refractivity contribution < 1.29 is 0 Å². The molecule has 14 heavy (non-hydrogen) atoms. The predicted molar refractivity (Wildman–Crippen MR) is 56.4 cm³/mol. The molecule has 0 bridgehead atoms. The summed E-state index contributed by atoms with van der Waals surface area (Å²) in [5.41, 5.74) is 1.82. The number of nitrogens with zero attached hydrogens (tertiary/aromatic N) is 1. The van der Waals surface area contributed by atoms with Crippen LogP contribution in [0.4, 0.5) is 0 Å². The Morgan fingerprint density at radius 2 is 2.43 bits per heavy atom. The minimum absolute atomic E-state index is 0.00650. The van der Waals surface area contributed by atoms with Gasteiger partial charge in [0.15, 0.2) is 5.16 Å². The zero-order valence-electron chi connectivity index (χ0n) is 7.67. The minimum atomic E-state index is 0.00650. The van der Waals surface area contributed by atoms with Gasteiger partial charge in [-0.15, -0.1) is 6.42 Å². The molecule has 0 radical (unpaired) electrons. The molecule has 0 spiro atoms. The molecule has 0 saturated heterocycles. The first-order chi connectivity index (χ1) is 6.81. The van der Waals surface area contributed by atoms with Crippen LogP contribution < -0.4 is 5.56 Å². The van der Waals surface area contributed by atoms with Crippen LogP contribution in [-0.2, 0) is 12.8 Å². The van der Waals surface area contributed by atoms with Gasteiger partial charge in [0, 0.05) is 5.56 Å². The number of terminal acetylenes is 1. The van der Waals surface area contributed by atoms with Gasteiger partial charge < -0.3 is 4.98 Å². The number of hydrogen-bond donors (Lipinski definition) is 1. The molecule has 0 aromatic carbocycles. The lowest BCUT2D eigenvalue weighted by Gasteiger charge is -2.00. The molecule has 1 aliphatic carbocycles. The predicted octanol–water partition coefficient (Wildman–Crippen LogP) is 0.984. The summed E-state index contributed by atoms with van der Waals surface area (Å²) >= 11 is 1.40. The minimum Gasteiger partial charge on any atom is -0.301 e. The van der Waals surface area contributed by atoms with Crippen molar-refractivity contribution in [2.24, 2.45) is 0 Å². The largest absolute Gasteiger partial charge is 0.301 e. The fraction of sp³-hybridized carbons (Fsp3) is 0.400. The average Bonchev–Trinajstić information content (AvgIpc) is 2.63. The third kappa shape index (κ3) is 1.68. The van der Waals surface area contributed by atoms with E-state index in [0.29, 0.717) is 10.9 Å². The molecule has 1 aromatic heterocycles. The maximum atomic E-state index is 11.5. The van der Waals surface area contributed by atoms with Gasteiger partial charge in [-0.3, -0.25) is 4.79 Å². The summed E-state index contributed by atoms with van der Waals surface area (Å²) in [6, 6.07) is 0. The van der Waals surface area contributed by atoms with E-state index in [0.717, 1.165) is 30.5 Å². The molecule has 0 unspecified atom stereocenters. The van der Waals surface area contributed by atoms with Crippen LogP contribution in [0.2, 0.25) is 0 Å². The number of fused-ring (bicyclic) bond motifs is 1. The van der Waals surface area contributed by atoms with Gasteiger partial charge in [-0.1, -0.05) is 17.7 Å². The molecule has 1 N–H and O–H groups in total. The van der Waals surface area contributed by atoms with E-state index < -0.39 is 0 Å². The Hall–Kier alpha value is -1.21. The van der Waals surface area contributed by atoms with E-state index in [9.17, 15) is 4.79 Å². The highest BCUT2D eigenvalue weighted by Gasteiger charge is 2.16. The van der Waals surface area contributed by atoms with Crippen molar-refractivity contribution in [1.29, 1.82) is 0 Å². The first-order valence-electron chi connectivity index (χ1n) is 4.49.